The molecule has 19 heavy (non-hydrogen) atoms. The van der Waals surface area contributed by atoms with Gasteiger partial charge in [-0.2, -0.15) is 0 Å². The highest BCUT2D eigenvalue weighted by atomic mass is 35.5. The monoisotopic (exact) mass is 279 g/mol. The van der Waals surface area contributed by atoms with Gasteiger partial charge >= 0.3 is 0 Å². The Balaban J connectivity index is 2.29. The Labute approximate surface area is 117 Å². The first kappa shape index (κ1) is 13.8. The quantitative estimate of drug-likeness (QED) is 0.775. The molecule has 0 radical (unpaired) electrons. The maximum Gasteiger partial charge on any atom is 0.255 e. The van der Waals surface area contributed by atoms with Gasteiger partial charge in [-0.1, -0.05) is 44.5 Å². The van der Waals surface area contributed by atoms with Crippen molar-refractivity contribution in [2.45, 2.75) is 26.2 Å². The fourth-order valence-corrected chi connectivity index (χ4v) is 1.76. The van der Waals surface area contributed by atoms with Gasteiger partial charge < -0.3 is 4.74 Å². The van der Waals surface area contributed by atoms with Gasteiger partial charge in [0.05, 0.1) is 5.02 Å². The number of rotatable bonds is 2. The van der Waals surface area contributed by atoms with Crippen LogP contribution in [0.2, 0.25) is 5.02 Å². The zero-order valence-electron chi connectivity index (χ0n) is 11.1. The second kappa shape index (κ2) is 5.17. The third-order valence-electron chi connectivity index (χ3n) is 2.69. The van der Waals surface area contributed by atoms with Gasteiger partial charge in [0.25, 0.3) is 5.88 Å². The lowest BCUT2D eigenvalue weighted by Crippen LogP contribution is -2.10. The summed E-state index contributed by atoms with van der Waals surface area (Å²) in [6.45, 7) is 6.31. The molecule has 0 amide bonds. The van der Waals surface area contributed by atoms with Crippen LogP contribution in [0.3, 0.4) is 0 Å². The average molecular weight is 280 g/mol. The predicted molar refractivity (Wildman–Crippen MR) is 74.4 cm³/mol. The summed E-state index contributed by atoms with van der Waals surface area (Å²) in [4.78, 5) is 3.84. The SMILES string of the molecule is CC(C)(C)c1cccc(Oc2ncc(Cl)cc2F)c1. The van der Waals surface area contributed by atoms with Crippen molar-refractivity contribution in [2.24, 2.45) is 0 Å². The lowest BCUT2D eigenvalue weighted by atomic mass is 9.87. The summed E-state index contributed by atoms with van der Waals surface area (Å²) < 4.78 is 19.1. The van der Waals surface area contributed by atoms with Crippen LogP contribution in [0.1, 0.15) is 26.3 Å². The third-order valence-corrected chi connectivity index (χ3v) is 2.90. The van der Waals surface area contributed by atoms with Crippen LogP contribution in [-0.2, 0) is 5.41 Å². The summed E-state index contributed by atoms with van der Waals surface area (Å²) in [6, 6.07) is 8.72. The Morgan fingerprint density at radius 3 is 2.58 bits per heavy atom. The van der Waals surface area contributed by atoms with E-state index in [9.17, 15) is 4.39 Å². The molecule has 0 N–H and O–H groups in total. The first-order valence-electron chi connectivity index (χ1n) is 5.96. The molecule has 100 valence electrons. The molecular weight excluding hydrogens is 265 g/mol. The van der Waals surface area contributed by atoms with Crippen LogP contribution in [0.25, 0.3) is 0 Å². The minimum atomic E-state index is -0.575. The predicted octanol–water partition coefficient (Wildman–Crippen LogP) is 4.96. The van der Waals surface area contributed by atoms with Crippen molar-refractivity contribution in [1.82, 2.24) is 4.98 Å². The number of benzene rings is 1. The van der Waals surface area contributed by atoms with Crippen LogP contribution in [0.15, 0.2) is 36.5 Å². The van der Waals surface area contributed by atoms with Crippen LogP contribution in [0.5, 0.6) is 11.6 Å². The van der Waals surface area contributed by atoms with Crippen LogP contribution < -0.4 is 4.74 Å². The van der Waals surface area contributed by atoms with Crippen molar-refractivity contribution in [2.75, 3.05) is 0 Å². The van der Waals surface area contributed by atoms with E-state index < -0.39 is 5.82 Å². The normalized spacial score (nSPS) is 11.4. The minimum absolute atomic E-state index is 0.00530. The molecule has 0 bridgehead atoms. The van der Waals surface area contributed by atoms with E-state index in [1.165, 1.54) is 12.3 Å². The number of halogens is 2. The van der Waals surface area contributed by atoms with Gasteiger partial charge in [0.1, 0.15) is 5.75 Å². The van der Waals surface area contributed by atoms with Crippen molar-refractivity contribution in [3.8, 4) is 11.6 Å². The first-order valence-corrected chi connectivity index (χ1v) is 6.33. The van der Waals surface area contributed by atoms with E-state index >= 15 is 0 Å². The molecule has 1 heterocycles. The first-order chi connectivity index (χ1) is 8.86. The molecule has 0 fully saturated rings. The van der Waals surface area contributed by atoms with E-state index in [1.54, 1.807) is 6.07 Å². The lowest BCUT2D eigenvalue weighted by molar-refractivity contribution is 0.421. The lowest BCUT2D eigenvalue weighted by Gasteiger charge is -2.19. The van der Waals surface area contributed by atoms with Gasteiger partial charge in [0.2, 0.25) is 0 Å². The Morgan fingerprint density at radius 2 is 1.95 bits per heavy atom. The molecule has 0 saturated carbocycles. The smallest absolute Gasteiger partial charge is 0.255 e. The maximum atomic E-state index is 13.6. The number of ether oxygens (including phenoxy) is 1. The highest BCUT2D eigenvalue weighted by Crippen LogP contribution is 2.29. The second-order valence-corrected chi connectivity index (χ2v) is 5.76. The molecule has 2 nitrogen and oxygen atoms in total. The molecule has 0 aliphatic carbocycles. The fraction of sp³-hybridized carbons (Fsp3) is 0.267. The molecule has 1 aromatic carbocycles. The van der Waals surface area contributed by atoms with E-state index in [0.717, 1.165) is 5.56 Å². The van der Waals surface area contributed by atoms with Crippen molar-refractivity contribution >= 4 is 11.6 Å². The molecule has 0 saturated heterocycles. The van der Waals surface area contributed by atoms with Crippen molar-refractivity contribution in [1.29, 1.82) is 0 Å². The fourth-order valence-electron chi connectivity index (χ4n) is 1.61. The van der Waals surface area contributed by atoms with E-state index in [-0.39, 0.29) is 16.3 Å². The van der Waals surface area contributed by atoms with E-state index in [2.05, 4.69) is 25.8 Å². The molecular formula is C15H15ClFNO. The highest BCUT2D eigenvalue weighted by molar-refractivity contribution is 6.30. The van der Waals surface area contributed by atoms with Gasteiger partial charge in [-0.25, -0.2) is 9.37 Å². The molecule has 4 heteroatoms. The number of nitrogens with zero attached hydrogens (tertiary/aromatic N) is 1. The Morgan fingerprint density at radius 1 is 1.21 bits per heavy atom. The second-order valence-electron chi connectivity index (χ2n) is 5.32. The maximum absolute atomic E-state index is 13.6. The Bertz CT molecular complexity index is 593. The summed E-state index contributed by atoms with van der Waals surface area (Å²) in [5, 5.41) is 0.244. The number of hydrogen-bond donors (Lipinski definition) is 0. The summed E-state index contributed by atoms with van der Waals surface area (Å²) in [5.74, 6) is -0.0923. The van der Waals surface area contributed by atoms with Gasteiger partial charge in [-0.15, -0.1) is 0 Å². The largest absolute Gasteiger partial charge is 0.436 e. The van der Waals surface area contributed by atoms with E-state index in [0.29, 0.717) is 5.75 Å². The summed E-state index contributed by atoms with van der Waals surface area (Å²) >= 11 is 5.65. The van der Waals surface area contributed by atoms with Crippen molar-refractivity contribution in [3.05, 3.63) is 52.9 Å². The number of aromatic nitrogens is 1. The van der Waals surface area contributed by atoms with E-state index in [1.807, 2.05) is 18.2 Å². The molecule has 0 aliphatic rings. The highest BCUT2D eigenvalue weighted by Gasteiger charge is 2.15. The third kappa shape index (κ3) is 3.44. The molecule has 0 spiro atoms. The van der Waals surface area contributed by atoms with Crippen LogP contribution >= 0.6 is 11.6 Å². The standard InChI is InChI=1S/C15H15ClFNO/c1-15(2,3)10-5-4-6-12(7-10)19-14-13(17)8-11(16)9-18-14/h4-9H,1-3H3. The summed E-state index contributed by atoms with van der Waals surface area (Å²) in [6.07, 6.45) is 1.35. The number of pyridine rings is 1. The molecule has 2 aromatic rings. The Kier molecular flexibility index (Phi) is 3.76. The zero-order chi connectivity index (χ0) is 14.0. The zero-order valence-corrected chi connectivity index (χ0v) is 11.8. The molecule has 2 rings (SSSR count). The topological polar surface area (TPSA) is 22.1 Å². The van der Waals surface area contributed by atoms with Crippen molar-refractivity contribution < 1.29 is 9.13 Å². The molecule has 0 unspecified atom stereocenters. The van der Waals surface area contributed by atoms with Crippen LogP contribution in [0, 0.1) is 5.82 Å². The minimum Gasteiger partial charge on any atom is -0.436 e. The van der Waals surface area contributed by atoms with Gasteiger partial charge in [0.15, 0.2) is 5.82 Å². The average Bonchev–Trinajstić information content (AvgIpc) is 2.32. The van der Waals surface area contributed by atoms with Crippen LogP contribution in [-0.4, -0.2) is 4.98 Å². The Hall–Kier alpha value is -1.61. The summed E-state index contributed by atoms with van der Waals surface area (Å²) in [5.41, 5.74) is 1.12. The molecule has 1 aromatic heterocycles. The summed E-state index contributed by atoms with van der Waals surface area (Å²) in [7, 11) is 0. The van der Waals surface area contributed by atoms with Gasteiger partial charge in [-0.3, -0.25) is 0 Å². The molecule has 0 aliphatic heterocycles. The number of hydrogen-bond acceptors (Lipinski definition) is 2. The van der Waals surface area contributed by atoms with Gasteiger partial charge in [0, 0.05) is 6.20 Å². The van der Waals surface area contributed by atoms with Gasteiger partial charge in [-0.05, 0) is 29.2 Å². The van der Waals surface area contributed by atoms with Crippen LogP contribution in [0.4, 0.5) is 4.39 Å². The van der Waals surface area contributed by atoms with E-state index in [4.69, 9.17) is 16.3 Å². The molecule has 0 atom stereocenters. The van der Waals surface area contributed by atoms with Crippen molar-refractivity contribution in [3.63, 3.8) is 0 Å².